The molecule has 1 aliphatic carbocycles. The minimum Gasteiger partial charge on any atom is -0.349 e. The number of carbonyl (C=O) groups is 2. The molecule has 2 aromatic carbocycles. The van der Waals surface area contributed by atoms with Crippen molar-refractivity contribution in [2.75, 3.05) is 5.32 Å². The molecule has 3 aromatic rings. The second-order valence-corrected chi connectivity index (χ2v) is 6.79. The van der Waals surface area contributed by atoms with Crippen molar-refractivity contribution in [2.45, 2.75) is 25.4 Å². The van der Waals surface area contributed by atoms with Crippen molar-refractivity contribution in [1.29, 1.82) is 0 Å². The molecule has 0 aliphatic heterocycles. The molecule has 8 nitrogen and oxygen atoms in total. The topological polar surface area (TPSA) is 106 Å². The first-order valence-electron chi connectivity index (χ1n) is 8.94. The lowest BCUT2D eigenvalue weighted by Crippen LogP contribution is -2.25. The first-order chi connectivity index (χ1) is 13.5. The Labute approximate surface area is 160 Å². The predicted octanol–water partition coefficient (Wildman–Crippen LogP) is 3.08. The van der Waals surface area contributed by atoms with Crippen molar-refractivity contribution < 1.29 is 14.5 Å². The van der Waals surface area contributed by atoms with Gasteiger partial charge in [-0.3, -0.25) is 19.7 Å². The number of amides is 2. The van der Waals surface area contributed by atoms with E-state index in [-0.39, 0.29) is 30.1 Å². The molecule has 4 rings (SSSR count). The van der Waals surface area contributed by atoms with Crippen molar-refractivity contribution in [1.82, 2.24) is 9.88 Å². The Morgan fingerprint density at radius 2 is 1.93 bits per heavy atom. The fourth-order valence-electron chi connectivity index (χ4n) is 3.09. The van der Waals surface area contributed by atoms with Crippen LogP contribution in [0.15, 0.2) is 54.7 Å². The summed E-state index contributed by atoms with van der Waals surface area (Å²) in [6.07, 6.45) is 3.66. The van der Waals surface area contributed by atoms with Crippen LogP contribution in [0.2, 0.25) is 0 Å². The van der Waals surface area contributed by atoms with E-state index < -0.39 is 4.92 Å². The van der Waals surface area contributed by atoms with Crippen LogP contribution in [0.4, 0.5) is 11.4 Å². The molecule has 142 valence electrons. The van der Waals surface area contributed by atoms with Crippen LogP contribution in [-0.2, 0) is 11.3 Å². The minimum atomic E-state index is -0.440. The quantitative estimate of drug-likeness (QED) is 0.508. The number of fused-ring (bicyclic) bond motifs is 1. The Hall–Kier alpha value is -3.68. The molecule has 0 bridgehead atoms. The van der Waals surface area contributed by atoms with Crippen molar-refractivity contribution in [3.8, 4) is 0 Å². The summed E-state index contributed by atoms with van der Waals surface area (Å²) in [5.74, 6) is -0.439. The van der Waals surface area contributed by atoms with E-state index in [4.69, 9.17) is 0 Å². The number of benzene rings is 2. The molecule has 1 aliphatic rings. The summed E-state index contributed by atoms with van der Waals surface area (Å²) < 4.78 is 1.65. The Morgan fingerprint density at radius 3 is 2.68 bits per heavy atom. The highest BCUT2D eigenvalue weighted by Crippen LogP contribution is 2.26. The number of nitro benzene ring substituents is 1. The summed E-state index contributed by atoms with van der Waals surface area (Å²) in [6, 6.07) is 13.4. The van der Waals surface area contributed by atoms with Crippen LogP contribution in [0.25, 0.3) is 10.9 Å². The van der Waals surface area contributed by atoms with Crippen LogP contribution in [0, 0.1) is 10.1 Å². The maximum absolute atomic E-state index is 12.4. The smallest absolute Gasteiger partial charge is 0.278 e. The normalized spacial score (nSPS) is 13.3. The van der Waals surface area contributed by atoms with E-state index in [1.807, 2.05) is 0 Å². The SMILES string of the molecule is O=C(Cn1ccc2c([N+](=O)[O-])cccc21)Nc1cccc(C(=O)NC2CC2)c1. The average Bonchev–Trinajstić information content (AvgIpc) is 3.40. The number of hydrogen-bond acceptors (Lipinski definition) is 4. The highest BCUT2D eigenvalue weighted by Gasteiger charge is 2.23. The fraction of sp³-hybridized carbons (Fsp3) is 0.200. The molecule has 2 amide bonds. The number of hydrogen-bond donors (Lipinski definition) is 2. The van der Waals surface area contributed by atoms with E-state index in [9.17, 15) is 19.7 Å². The van der Waals surface area contributed by atoms with Crippen LogP contribution in [0.3, 0.4) is 0 Å². The highest BCUT2D eigenvalue weighted by atomic mass is 16.6. The van der Waals surface area contributed by atoms with Crippen molar-refractivity contribution in [3.05, 3.63) is 70.4 Å². The summed E-state index contributed by atoms with van der Waals surface area (Å²) in [6.45, 7) is 0.00314. The maximum Gasteiger partial charge on any atom is 0.278 e. The van der Waals surface area contributed by atoms with Gasteiger partial charge in [-0.25, -0.2) is 0 Å². The number of nitro groups is 1. The Bertz CT molecular complexity index is 1080. The Balaban J connectivity index is 1.47. The summed E-state index contributed by atoms with van der Waals surface area (Å²) in [5, 5.41) is 17.3. The second-order valence-electron chi connectivity index (χ2n) is 6.79. The lowest BCUT2D eigenvalue weighted by atomic mass is 10.2. The number of aromatic nitrogens is 1. The molecule has 1 aromatic heterocycles. The molecule has 0 saturated heterocycles. The first-order valence-corrected chi connectivity index (χ1v) is 8.94. The minimum absolute atomic E-state index is 0.00314. The maximum atomic E-state index is 12.4. The van der Waals surface area contributed by atoms with Crippen molar-refractivity contribution in [3.63, 3.8) is 0 Å². The van der Waals surface area contributed by atoms with Gasteiger partial charge in [-0.05, 0) is 43.2 Å². The van der Waals surface area contributed by atoms with Crippen LogP contribution in [0.1, 0.15) is 23.2 Å². The van der Waals surface area contributed by atoms with E-state index in [2.05, 4.69) is 10.6 Å². The summed E-state index contributed by atoms with van der Waals surface area (Å²) in [5.41, 5.74) is 1.63. The molecule has 1 fully saturated rings. The summed E-state index contributed by atoms with van der Waals surface area (Å²) in [4.78, 5) is 35.3. The average molecular weight is 378 g/mol. The molecular formula is C20H18N4O4. The zero-order valence-electron chi connectivity index (χ0n) is 14.9. The van der Waals surface area contributed by atoms with Crippen molar-refractivity contribution >= 4 is 34.1 Å². The van der Waals surface area contributed by atoms with Gasteiger partial charge in [0.2, 0.25) is 5.91 Å². The van der Waals surface area contributed by atoms with Gasteiger partial charge in [0.05, 0.1) is 15.8 Å². The van der Waals surface area contributed by atoms with Gasteiger partial charge >= 0.3 is 0 Å². The lowest BCUT2D eigenvalue weighted by molar-refractivity contribution is -0.383. The molecule has 1 heterocycles. The van der Waals surface area contributed by atoms with Crippen LogP contribution < -0.4 is 10.6 Å². The fourth-order valence-corrected chi connectivity index (χ4v) is 3.09. The largest absolute Gasteiger partial charge is 0.349 e. The van der Waals surface area contributed by atoms with E-state index in [0.29, 0.717) is 22.2 Å². The number of nitrogens with one attached hydrogen (secondary N) is 2. The van der Waals surface area contributed by atoms with E-state index in [0.717, 1.165) is 12.8 Å². The number of non-ortho nitro benzene ring substituents is 1. The summed E-state index contributed by atoms with van der Waals surface area (Å²) >= 11 is 0. The number of anilines is 1. The van der Waals surface area contributed by atoms with E-state index in [1.54, 1.807) is 53.2 Å². The van der Waals surface area contributed by atoms with Gasteiger partial charge < -0.3 is 15.2 Å². The van der Waals surface area contributed by atoms with Gasteiger partial charge in [-0.15, -0.1) is 0 Å². The van der Waals surface area contributed by atoms with Gasteiger partial charge in [-0.2, -0.15) is 0 Å². The number of rotatable bonds is 6. The van der Waals surface area contributed by atoms with Gasteiger partial charge in [0.15, 0.2) is 0 Å². The monoisotopic (exact) mass is 378 g/mol. The van der Waals surface area contributed by atoms with Crippen molar-refractivity contribution in [2.24, 2.45) is 0 Å². The van der Waals surface area contributed by atoms with Gasteiger partial charge in [-0.1, -0.05) is 12.1 Å². The zero-order valence-corrected chi connectivity index (χ0v) is 14.9. The molecule has 0 atom stereocenters. The highest BCUT2D eigenvalue weighted by molar-refractivity contribution is 5.98. The van der Waals surface area contributed by atoms with Crippen LogP contribution >= 0.6 is 0 Å². The third-order valence-corrected chi connectivity index (χ3v) is 4.62. The first kappa shape index (κ1) is 17.7. The second kappa shape index (κ2) is 7.15. The van der Waals surface area contributed by atoms with Gasteiger partial charge in [0.1, 0.15) is 6.54 Å². The zero-order chi connectivity index (χ0) is 19.7. The van der Waals surface area contributed by atoms with Gasteiger partial charge in [0.25, 0.3) is 11.6 Å². The Morgan fingerprint density at radius 1 is 1.14 bits per heavy atom. The molecule has 0 unspecified atom stereocenters. The molecule has 28 heavy (non-hydrogen) atoms. The third kappa shape index (κ3) is 3.71. The molecule has 8 heteroatoms. The molecule has 0 radical (unpaired) electrons. The van der Waals surface area contributed by atoms with Gasteiger partial charge in [0, 0.05) is 29.6 Å². The van der Waals surface area contributed by atoms with E-state index >= 15 is 0 Å². The molecule has 0 spiro atoms. The number of nitrogens with zero attached hydrogens (tertiary/aromatic N) is 2. The van der Waals surface area contributed by atoms with Crippen LogP contribution in [0.5, 0.6) is 0 Å². The Kier molecular flexibility index (Phi) is 4.52. The molecular weight excluding hydrogens is 360 g/mol. The molecule has 1 saturated carbocycles. The lowest BCUT2D eigenvalue weighted by Gasteiger charge is -2.09. The predicted molar refractivity (Wildman–Crippen MR) is 104 cm³/mol. The van der Waals surface area contributed by atoms with Crippen LogP contribution in [-0.4, -0.2) is 27.3 Å². The van der Waals surface area contributed by atoms with E-state index in [1.165, 1.54) is 6.07 Å². The standard InChI is InChI=1S/C20H18N4O4/c25-19(12-23-10-9-16-17(23)5-2-6-18(16)24(27)28)21-15-4-1-3-13(11-15)20(26)22-14-7-8-14/h1-6,9-11,14H,7-8,12H2,(H,21,25)(H,22,26). The molecule has 2 N–H and O–H groups in total. The summed E-state index contributed by atoms with van der Waals surface area (Å²) in [7, 11) is 0. The number of carbonyl (C=O) groups excluding carboxylic acids is 2. The third-order valence-electron chi connectivity index (χ3n) is 4.62.